The summed E-state index contributed by atoms with van der Waals surface area (Å²) in [7, 11) is -0.0448. The molecule has 162 valence electrons. The fourth-order valence-electron chi connectivity index (χ4n) is 5.35. The molecule has 1 saturated heterocycles. The standard InChI is InChI=1S/C21H27N3O5S/c1-22-16-8-14(29-2)6-7-15(16)18-19(22)17(9-25)24(30(3,27)28)12-21(18)10-23(11-21)20(26)13-4-5-13/h6-8,13,17,25H,4-5,9-12H2,1-3H3/t17-/m1/s1. The molecule has 9 heteroatoms. The molecule has 1 aromatic heterocycles. The minimum Gasteiger partial charge on any atom is -0.497 e. The van der Waals surface area contributed by atoms with Crippen LogP contribution in [0.3, 0.4) is 0 Å². The molecular formula is C21H27N3O5S. The molecule has 0 radical (unpaired) electrons. The Kier molecular flexibility index (Phi) is 4.26. The molecule has 0 unspecified atom stereocenters. The summed E-state index contributed by atoms with van der Waals surface area (Å²) in [5.41, 5.74) is 2.32. The van der Waals surface area contributed by atoms with Gasteiger partial charge in [0.2, 0.25) is 15.9 Å². The highest BCUT2D eigenvalue weighted by Gasteiger charge is 2.57. The monoisotopic (exact) mass is 433 g/mol. The van der Waals surface area contributed by atoms with E-state index < -0.39 is 21.5 Å². The summed E-state index contributed by atoms with van der Waals surface area (Å²) >= 11 is 0. The average Bonchev–Trinajstić information content (AvgIpc) is 3.49. The Hall–Kier alpha value is -2.10. The minimum absolute atomic E-state index is 0.137. The van der Waals surface area contributed by atoms with E-state index in [2.05, 4.69) is 0 Å². The molecule has 1 saturated carbocycles. The number of carbonyl (C=O) groups excluding carboxylic acids is 1. The fourth-order valence-corrected chi connectivity index (χ4v) is 6.46. The summed E-state index contributed by atoms with van der Waals surface area (Å²) in [6.07, 6.45) is 3.08. The zero-order valence-corrected chi connectivity index (χ0v) is 18.3. The van der Waals surface area contributed by atoms with Crippen LogP contribution in [-0.4, -0.2) is 72.8 Å². The van der Waals surface area contributed by atoms with Crippen LogP contribution in [0.2, 0.25) is 0 Å². The van der Waals surface area contributed by atoms with Crippen LogP contribution in [0.4, 0.5) is 0 Å². The number of aryl methyl sites for hydroxylation is 1. The molecule has 8 nitrogen and oxygen atoms in total. The van der Waals surface area contributed by atoms with Gasteiger partial charge in [-0.3, -0.25) is 4.79 Å². The molecule has 3 aliphatic rings. The van der Waals surface area contributed by atoms with E-state index >= 15 is 0 Å². The number of hydrogen-bond donors (Lipinski definition) is 1. The third-order valence-electron chi connectivity index (χ3n) is 6.93. The van der Waals surface area contributed by atoms with Crippen molar-refractivity contribution in [2.75, 3.05) is 39.6 Å². The van der Waals surface area contributed by atoms with Gasteiger partial charge in [-0.2, -0.15) is 4.31 Å². The first-order valence-electron chi connectivity index (χ1n) is 10.2. The highest BCUT2D eigenvalue weighted by Crippen LogP contribution is 2.51. The summed E-state index contributed by atoms with van der Waals surface area (Å²) in [5.74, 6) is 1.03. The van der Waals surface area contributed by atoms with Gasteiger partial charge in [0.1, 0.15) is 5.75 Å². The molecule has 1 atom stereocenters. The van der Waals surface area contributed by atoms with Crippen LogP contribution in [0.25, 0.3) is 10.9 Å². The van der Waals surface area contributed by atoms with Gasteiger partial charge in [0.25, 0.3) is 0 Å². The maximum atomic E-state index is 12.7. The van der Waals surface area contributed by atoms with Gasteiger partial charge in [-0.05, 0) is 30.5 Å². The zero-order valence-electron chi connectivity index (χ0n) is 17.5. The van der Waals surface area contributed by atoms with E-state index in [1.165, 1.54) is 10.6 Å². The smallest absolute Gasteiger partial charge is 0.225 e. The molecule has 1 N–H and O–H groups in total. The van der Waals surface area contributed by atoms with E-state index in [4.69, 9.17) is 4.74 Å². The number of sulfonamides is 1. The van der Waals surface area contributed by atoms with Gasteiger partial charge in [-0.1, -0.05) is 0 Å². The quantitative estimate of drug-likeness (QED) is 0.776. The number of fused-ring (bicyclic) bond motifs is 4. The number of ether oxygens (including phenoxy) is 1. The third kappa shape index (κ3) is 2.72. The number of hydrogen-bond acceptors (Lipinski definition) is 5. The molecule has 1 aromatic carbocycles. The first-order chi connectivity index (χ1) is 14.2. The van der Waals surface area contributed by atoms with Crippen molar-refractivity contribution in [2.45, 2.75) is 24.3 Å². The Bertz CT molecular complexity index is 1150. The van der Waals surface area contributed by atoms with Gasteiger partial charge < -0.3 is 19.3 Å². The van der Waals surface area contributed by atoms with Crippen LogP contribution in [0, 0.1) is 5.92 Å². The van der Waals surface area contributed by atoms with Crippen molar-refractivity contribution in [3.8, 4) is 5.75 Å². The second kappa shape index (κ2) is 6.45. The lowest BCUT2D eigenvalue weighted by Gasteiger charge is -2.55. The Morgan fingerprint density at radius 1 is 1.27 bits per heavy atom. The summed E-state index contributed by atoms with van der Waals surface area (Å²) in [4.78, 5) is 14.5. The van der Waals surface area contributed by atoms with Crippen molar-refractivity contribution < 1.29 is 23.1 Å². The first kappa shape index (κ1) is 19.8. The zero-order chi connectivity index (χ0) is 21.4. The van der Waals surface area contributed by atoms with E-state index in [1.54, 1.807) is 7.11 Å². The van der Waals surface area contributed by atoms with Crippen LogP contribution >= 0.6 is 0 Å². The minimum atomic E-state index is -3.55. The van der Waals surface area contributed by atoms with Gasteiger partial charge in [-0.15, -0.1) is 0 Å². The number of aliphatic hydroxyl groups excluding tert-OH is 1. The van der Waals surface area contributed by atoms with E-state index in [1.807, 2.05) is 34.7 Å². The van der Waals surface area contributed by atoms with Crippen LogP contribution in [0.15, 0.2) is 18.2 Å². The number of aliphatic hydroxyl groups is 1. The molecule has 2 fully saturated rings. The molecule has 30 heavy (non-hydrogen) atoms. The van der Waals surface area contributed by atoms with Crippen LogP contribution in [0.1, 0.15) is 30.1 Å². The molecule has 3 heterocycles. The second-order valence-electron chi connectivity index (χ2n) is 8.96. The number of rotatable bonds is 4. The Morgan fingerprint density at radius 2 is 1.97 bits per heavy atom. The second-order valence-corrected chi connectivity index (χ2v) is 10.9. The van der Waals surface area contributed by atoms with Crippen LogP contribution in [-0.2, 0) is 27.3 Å². The number of amides is 1. The number of nitrogens with zero attached hydrogens (tertiary/aromatic N) is 3. The lowest BCUT2D eigenvalue weighted by atomic mass is 9.69. The van der Waals surface area contributed by atoms with E-state index in [-0.39, 0.29) is 25.0 Å². The number of likely N-dealkylation sites (tertiary alicyclic amines) is 1. The predicted molar refractivity (Wildman–Crippen MR) is 112 cm³/mol. The van der Waals surface area contributed by atoms with Crippen LogP contribution in [0.5, 0.6) is 5.75 Å². The van der Waals surface area contributed by atoms with Gasteiger partial charge in [-0.25, -0.2) is 8.42 Å². The van der Waals surface area contributed by atoms with Crippen molar-refractivity contribution in [3.05, 3.63) is 29.5 Å². The molecule has 1 spiro atoms. The van der Waals surface area contributed by atoms with E-state index in [0.717, 1.165) is 35.0 Å². The lowest BCUT2D eigenvalue weighted by molar-refractivity contribution is -0.141. The maximum absolute atomic E-state index is 12.7. The largest absolute Gasteiger partial charge is 0.497 e. The summed E-state index contributed by atoms with van der Waals surface area (Å²) in [6.45, 7) is 0.973. The fraction of sp³-hybridized carbons (Fsp3) is 0.571. The van der Waals surface area contributed by atoms with Crippen molar-refractivity contribution >= 4 is 26.8 Å². The van der Waals surface area contributed by atoms with Gasteiger partial charge in [0, 0.05) is 55.2 Å². The molecule has 5 rings (SSSR count). The van der Waals surface area contributed by atoms with E-state index in [0.29, 0.717) is 18.8 Å². The first-order valence-corrected chi connectivity index (χ1v) is 12.1. The number of aromatic nitrogens is 1. The maximum Gasteiger partial charge on any atom is 0.225 e. The normalized spacial score (nSPS) is 23.5. The van der Waals surface area contributed by atoms with Crippen molar-refractivity contribution in [1.29, 1.82) is 0 Å². The highest BCUT2D eigenvalue weighted by atomic mass is 32.2. The lowest BCUT2D eigenvalue weighted by Crippen LogP contribution is -2.68. The Labute approximate surface area is 176 Å². The molecule has 2 aliphatic heterocycles. The number of methoxy groups -OCH3 is 1. The van der Waals surface area contributed by atoms with Crippen molar-refractivity contribution in [2.24, 2.45) is 13.0 Å². The SMILES string of the molecule is COc1ccc2c3c(n(C)c2c1)[C@@H](CO)N(S(C)(=O)=O)CC31CN(C(=O)C2CC2)C1. The summed E-state index contributed by atoms with van der Waals surface area (Å²) < 4.78 is 34.1. The number of carbonyl (C=O) groups is 1. The molecular weight excluding hydrogens is 406 g/mol. The van der Waals surface area contributed by atoms with Gasteiger partial charge in [0.05, 0.1) is 31.5 Å². The van der Waals surface area contributed by atoms with Gasteiger partial charge in [0.15, 0.2) is 0 Å². The molecule has 0 bridgehead atoms. The topological polar surface area (TPSA) is 92.1 Å². The van der Waals surface area contributed by atoms with E-state index in [9.17, 15) is 18.3 Å². The Morgan fingerprint density at radius 3 is 2.53 bits per heavy atom. The number of benzene rings is 1. The summed E-state index contributed by atoms with van der Waals surface area (Å²) in [6, 6.07) is 5.19. The molecule has 2 aromatic rings. The predicted octanol–water partition coefficient (Wildman–Crippen LogP) is 0.985. The van der Waals surface area contributed by atoms with Crippen molar-refractivity contribution in [3.63, 3.8) is 0 Å². The van der Waals surface area contributed by atoms with Crippen LogP contribution < -0.4 is 4.74 Å². The summed E-state index contributed by atoms with van der Waals surface area (Å²) in [5, 5.41) is 11.2. The van der Waals surface area contributed by atoms with Gasteiger partial charge >= 0.3 is 0 Å². The van der Waals surface area contributed by atoms with Crippen molar-refractivity contribution in [1.82, 2.24) is 13.8 Å². The molecule has 1 aliphatic carbocycles. The average molecular weight is 434 g/mol. The molecule has 1 amide bonds. The third-order valence-corrected chi connectivity index (χ3v) is 8.16. The Balaban J connectivity index is 1.69. The highest BCUT2D eigenvalue weighted by molar-refractivity contribution is 7.88.